The lowest BCUT2D eigenvalue weighted by molar-refractivity contribution is -0.114. The molecule has 1 aliphatic rings. The van der Waals surface area contributed by atoms with Gasteiger partial charge in [-0.25, -0.2) is 4.39 Å². The molecule has 0 fully saturated rings. The molecule has 0 bridgehead atoms. The van der Waals surface area contributed by atoms with Crippen molar-refractivity contribution >= 4 is 23.4 Å². The highest BCUT2D eigenvalue weighted by Gasteiger charge is 2.28. The van der Waals surface area contributed by atoms with Gasteiger partial charge in [0.25, 0.3) is 5.91 Å². The molecule has 2 aromatic carbocycles. The van der Waals surface area contributed by atoms with Gasteiger partial charge in [0.1, 0.15) is 11.6 Å². The highest BCUT2D eigenvalue weighted by atomic mass is 19.1. The molecule has 2 aromatic rings. The van der Waals surface area contributed by atoms with Crippen LogP contribution in [0.15, 0.2) is 59.2 Å². The van der Waals surface area contributed by atoms with E-state index in [0.29, 0.717) is 23.6 Å². The Morgan fingerprint density at radius 3 is 2.60 bits per heavy atom. The first-order chi connectivity index (χ1) is 12.1. The van der Waals surface area contributed by atoms with E-state index in [1.807, 2.05) is 31.2 Å². The van der Waals surface area contributed by atoms with E-state index in [1.54, 1.807) is 13.0 Å². The van der Waals surface area contributed by atoms with Gasteiger partial charge in [-0.05, 0) is 49.8 Å². The quantitative estimate of drug-likeness (QED) is 0.757. The van der Waals surface area contributed by atoms with Crippen molar-refractivity contribution in [2.45, 2.75) is 20.3 Å². The molecule has 4 nitrogen and oxygen atoms in total. The van der Waals surface area contributed by atoms with Gasteiger partial charge in [0.2, 0.25) is 0 Å². The molecule has 0 N–H and O–H groups in total. The van der Waals surface area contributed by atoms with E-state index >= 15 is 0 Å². The molecule has 5 heteroatoms. The van der Waals surface area contributed by atoms with E-state index < -0.39 is 0 Å². The number of anilines is 1. The van der Waals surface area contributed by atoms with Crippen LogP contribution < -0.4 is 9.75 Å². The average molecular weight is 338 g/mol. The number of hydrogen-bond donors (Lipinski definition) is 0. The molecule has 1 heterocycles. The number of nitrogens with zero attached hydrogens (tertiary/aromatic N) is 2. The largest absolute Gasteiger partial charge is 0.493 e. The molecule has 0 unspecified atom stereocenters. The van der Waals surface area contributed by atoms with Crippen LogP contribution in [-0.2, 0) is 4.79 Å². The zero-order valence-corrected chi connectivity index (χ0v) is 14.2. The van der Waals surface area contributed by atoms with Crippen molar-refractivity contribution in [2.75, 3.05) is 11.6 Å². The van der Waals surface area contributed by atoms with Crippen molar-refractivity contribution in [1.82, 2.24) is 0 Å². The second-order valence-electron chi connectivity index (χ2n) is 5.72. The van der Waals surface area contributed by atoms with Crippen LogP contribution in [-0.4, -0.2) is 18.2 Å². The Morgan fingerprint density at radius 2 is 1.88 bits per heavy atom. The fourth-order valence-electron chi connectivity index (χ4n) is 2.54. The minimum Gasteiger partial charge on any atom is -0.493 e. The summed E-state index contributed by atoms with van der Waals surface area (Å²) in [5.74, 6) is 0.140. The van der Waals surface area contributed by atoms with Gasteiger partial charge in [-0.3, -0.25) is 4.79 Å². The number of ether oxygens (including phenoxy) is 1. The Bertz CT molecular complexity index is 841. The maximum atomic E-state index is 13.1. The molecule has 1 aliphatic heterocycles. The van der Waals surface area contributed by atoms with Crippen molar-refractivity contribution in [3.05, 3.63) is 65.5 Å². The molecule has 25 heavy (non-hydrogen) atoms. The van der Waals surface area contributed by atoms with Gasteiger partial charge < -0.3 is 4.74 Å². The van der Waals surface area contributed by atoms with Crippen LogP contribution in [0.4, 0.5) is 10.1 Å². The molecule has 1 amide bonds. The number of hydrazone groups is 1. The lowest BCUT2D eigenvalue weighted by Gasteiger charge is -2.12. The molecule has 3 rings (SSSR count). The molecule has 0 saturated carbocycles. The van der Waals surface area contributed by atoms with Crippen LogP contribution in [0.25, 0.3) is 6.08 Å². The Morgan fingerprint density at radius 1 is 1.16 bits per heavy atom. The number of rotatable bonds is 5. The summed E-state index contributed by atoms with van der Waals surface area (Å²) in [6, 6.07) is 13.3. The van der Waals surface area contributed by atoms with Gasteiger partial charge in [0, 0.05) is 5.56 Å². The van der Waals surface area contributed by atoms with Crippen LogP contribution in [0.3, 0.4) is 0 Å². The highest BCUT2D eigenvalue weighted by molar-refractivity contribution is 6.32. The van der Waals surface area contributed by atoms with Gasteiger partial charge in [0.05, 0.1) is 23.6 Å². The van der Waals surface area contributed by atoms with Gasteiger partial charge in [-0.1, -0.05) is 25.1 Å². The lowest BCUT2D eigenvalue weighted by Crippen LogP contribution is -2.21. The Labute approximate surface area is 146 Å². The second kappa shape index (κ2) is 7.30. The molecule has 0 aromatic heterocycles. The topological polar surface area (TPSA) is 41.9 Å². The van der Waals surface area contributed by atoms with E-state index in [4.69, 9.17) is 4.74 Å². The third-order valence-corrected chi connectivity index (χ3v) is 3.81. The maximum Gasteiger partial charge on any atom is 0.280 e. The molecule has 0 atom stereocenters. The molecule has 0 radical (unpaired) electrons. The SMILES string of the molecule is CCCOc1ccccc1C=C1C(=O)N(c2ccc(F)cc2)N=C1C. The highest BCUT2D eigenvalue weighted by Crippen LogP contribution is 2.27. The Kier molecular flexibility index (Phi) is 4.93. The van der Waals surface area contributed by atoms with Crippen molar-refractivity contribution in [2.24, 2.45) is 5.10 Å². The Hall–Kier alpha value is -2.95. The van der Waals surface area contributed by atoms with E-state index in [1.165, 1.54) is 29.3 Å². The molecule has 128 valence electrons. The van der Waals surface area contributed by atoms with Crippen LogP contribution in [0.2, 0.25) is 0 Å². The predicted octanol–water partition coefficient (Wildman–Crippen LogP) is 4.42. The standard InChI is InChI=1S/C20H19FN2O2/c1-3-12-25-19-7-5-4-6-15(19)13-18-14(2)22-23(20(18)24)17-10-8-16(21)9-11-17/h4-11,13H,3,12H2,1-2H3. The Balaban J connectivity index is 1.91. The number of amides is 1. The first kappa shape index (κ1) is 16.9. The zero-order chi connectivity index (χ0) is 17.8. The maximum absolute atomic E-state index is 13.1. The zero-order valence-electron chi connectivity index (χ0n) is 14.2. The normalized spacial score (nSPS) is 15.6. The summed E-state index contributed by atoms with van der Waals surface area (Å²) >= 11 is 0. The first-order valence-corrected chi connectivity index (χ1v) is 8.19. The summed E-state index contributed by atoms with van der Waals surface area (Å²) in [5.41, 5.74) is 2.47. The van der Waals surface area contributed by atoms with Gasteiger partial charge in [0.15, 0.2) is 0 Å². The fourth-order valence-corrected chi connectivity index (χ4v) is 2.54. The number of carbonyl (C=O) groups excluding carboxylic acids is 1. The smallest absolute Gasteiger partial charge is 0.280 e. The number of hydrogen-bond acceptors (Lipinski definition) is 3. The van der Waals surface area contributed by atoms with Crippen molar-refractivity contribution in [3.8, 4) is 5.75 Å². The first-order valence-electron chi connectivity index (χ1n) is 8.19. The van der Waals surface area contributed by atoms with E-state index in [9.17, 15) is 9.18 Å². The summed E-state index contributed by atoms with van der Waals surface area (Å²) in [6.07, 6.45) is 2.69. The summed E-state index contributed by atoms with van der Waals surface area (Å²) in [4.78, 5) is 12.7. The van der Waals surface area contributed by atoms with E-state index in [0.717, 1.165) is 17.7 Å². The monoisotopic (exact) mass is 338 g/mol. The summed E-state index contributed by atoms with van der Waals surface area (Å²) < 4.78 is 18.8. The number of carbonyl (C=O) groups is 1. The summed E-state index contributed by atoms with van der Waals surface area (Å²) in [6.45, 7) is 4.44. The van der Waals surface area contributed by atoms with Crippen molar-refractivity contribution < 1.29 is 13.9 Å². The molecule has 0 spiro atoms. The lowest BCUT2D eigenvalue weighted by atomic mass is 10.1. The third kappa shape index (κ3) is 3.60. The molecular formula is C20H19FN2O2. The number of benzene rings is 2. The van der Waals surface area contributed by atoms with E-state index in [2.05, 4.69) is 5.10 Å². The molecule has 0 aliphatic carbocycles. The van der Waals surface area contributed by atoms with Gasteiger partial charge >= 0.3 is 0 Å². The van der Waals surface area contributed by atoms with Gasteiger partial charge in [-0.2, -0.15) is 10.1 Å². The van der Waals surface area contributed by atoms with Crippen LogP contribution in [0.1, 0.15) is 25.8 Å². The molecule has 0 saturated heterocycles. The number of para-hydroxylation sites is 1. The minimum atomic E-state index is -0.353. The number of halogens is 1. The van der Waals surface area contributed by atoms with Crippen LogP contribution in [0, 0.1) is 5.82 Å². The predicted molar refractivity (Wildman–Crippen MR) is 97.2 cm³/mol. The van der Waals surface area contributed by atoms with Gasteiger partial charge in [-0.15, -0.1) is 0 Å². The third-order valence-electron chi connectivity index (χ3n) is 3.81. The van der Waals surface area contributed by atoms with Crippen LogP contribution >= 0.6 is 0 Å². The summed E-state index contributed by atoms with van der Waals surface area (Å²) in [7, 11) is 0. The molecular weight excluding hydrogens is 319 g/mol. The van der Waals surface area contributed by atoms with Crippen molar-refractivity contribution in [1.29, 1.82) is 0 Å². The van der Waals surface area contributed by atoms with Crippen LogP contribution in [0.5, 0.6) is 5.75 Å². The van der Waals surface area contributed by atoms with Crippen molar-refractivity contribution in [3.63, 3.8) is 0 Å². The second-order valence-corrected chi connectivity index (χ2v) is 5.72. The average Bonchev–Trinajstić information content (AvgIpc) is 2.90. The van der Waals surface area contributed by atoms with E-state index in [-0.39, 0.29) is 11.7 Å². The summed E-state index contributed by atoms with van der Waals surface area (Å²) in [5, 5.41) is 5.60. The fraction of sp³-hybridized carbons (Fsp3) is 0.200. The minimum absolute atomic E-state index is 0.241.